The Balaban J connectivity index is 2.57. The van der Waals surface area contributed by atoms with Crippen LogP contribution >= 0.6 is 0 Å². The van der Waals surface area contributed by atoms with Gasteiger partial charge in [0, 0.05) is 18.2 Å². The van der Waals surface area contributed by atoms with Crippen molar-refractivity contribution in [2.75, 3.05) is 0 Å². The Hall–Kier alpha value is -2.70. The number of amides is 1. The fraction of sp³-hybridized carbons (Fsp3) is 0.231. The van der Waals surface area contributed by atoms with E-state index in [0.29, 0.717) is 5.39 Å². The van der Waals surface area contributed by atoms with Gasteiger partial charge >= 0.3 is 5.63 Å². The third-order valence-electron chi connectivity index (χ3n) is 2.60. The highest BCUT2D eigenvalue weighted by atomic mass is 16.6. The highest BCUT2D eigenvalue weighted by Crippen LogP contribution is 2.19. The molecule has 0 atom stereocenters. The first kappa shape index (κ1) is 13.7. The quantitative estimate of drug-likeness (QED) is 0.680. The molecule has 2 aromatic rings. The van der Waals surface area contributed by atoms with Crippen molar-refractivity contribution in [2.45, 2.75) is 19.9 Å². The van der Waals surface area contributed by atoms with E-state index < -0.39 is 16.5 Å². The molecule has 0 aliphatic rings. The maximum atomic E-state index is 11.8. The molecule has 2 rings (SSSR count). The smallest absolute Gasteiger partial charge is 0.344 e. The highest BCUT2D eigenvalue weighted by molar-refractivity contribution is 5.95. The average Bonchev–Trinajstić information content (AvgIpc) is 2.37. The zero-order chi connectivity index (χ0) is 14.9. The first-order valence-corrected chi connectivity index (χ1v) is 5.91. The molecule has 1 aromatic carbocycles. The van der Waals surface area contributed by atoms with Gasteiger partial charge in [0.15, 0.2) is 5.76 Å². The number of carbonyl (C=O) groups is 1. The number of hydrogen-bond donors (Lipinski definition) is 1. The van der Waals surface area contributed by atoms with Crippen LogP contribution in [0, 0.1) is 10.1 Å². The van der Waals surface area contributed by atoms with Gasteiger partial charge in [-0.2, -0.15) is 0 Å². The monoisotopic (exact) mass is 276 g/mol. The van der Waals surface area contributed by atoms with Crippen LogP contribution in [-0.4, -0.2) is 16.9 Å². The van der Waals surface area contributed by atoms with Gasteiger partial charge in [0.2, 0.25) is 0 Å². The van der Waals surface area contributed by atoms with Crippen LogP contribution in [0.5, 0.6) is 0 Å². The summed E-state index contributed by atoms with van der Waals surface area (Å²) in [4.78, 5) is 33.7. The average molecular weight is 276 g/mol. The van der Waals surface area contributed by atoms with Crippen molar-refractivity contribution >= 4 is 22.4 Å². The summed E-state index contributed by atoms with van der Waals surface area (Å²) < 4.78 is 4.92. The zero-order valence-electron chi connectivity index (χ0n) is 10.9. The molecule has 0 bridgehead atoms. The molecule has 0 aliphatic carbocycles. The molecule has 20 heavy (non-hydrogen) atoms. The Morgan fingerprint density at radius 2 is 2.05 bits per heavy atom. The van der Waals surface area contributed by atoms with Crippen molar-refractivity contribution in [3.63, 3.8) is 0 Å². The number of nitro groups is 1. The van der Waals surface area contributed by atoms with Gasteiger partial charge in [-0.15, -0.1) is 0 Å². The van der Waals surface area contributed by atoms with E-state index in [-0.39, 0.29) is 22.9 Å². The van der Waals surface area contributed by atoms with Gasteiger partial charge in [0.25, 0.3) is 11.6 Å². The van der Waals surface area contributed by atoms with Crippen LogP contribution in [0.3, 0.4) is 0 Å². The van der Waals surface area contributed by atoms with Gasteiger partial charge in [0.05, 0.1) is 10.3 Å². The van der Waals surface area contributed by atoms with E-state index in [9.17, 15) is 19.7 Å². The summed E-state index contributed by atoms with van der Waals surface area (Å²) in [5.74, 6) is -0.706. The minimum Gasteiger partial charge on any atom is -0.417 e. The SMILES string of the molecule is CC(C)NC(=O)c1cc2cc([N+](=O)[O-])ccc2c(=O)o1. The van der Waals surface area contributed by atoms with Crippen LogP contribution in [0.1, 0.15) is 24.4 Å². The molecule has 0 spiro atoms. The number of carbonyl (C=O) groups excluding carboxylic acids is 1. The third kappa shape index (κ3) is 2.66. The molecular formula is C13H12N2O5. The van der Waals surface area contributed by atoms with Crippen LogP contribution in [0.2, 0.25) is 0 Å². The predicted octanol–water partition coefficient (Wildman–Crippen LogP) is 1.84. The minimum absolute atomic E-state index is 0.117. The summed E-state index contributed by atoms with van der Waals surface area (Å²) in [7, 11) is 0. The molecule has 0 aliphatic heterocycles. The second-order valence-electron chi connectivity index (χ2n) is 4.55. The lowest BCUT2D eigenvalue weighted by Gasteiger charge is -2.07. The molecular weight excluding hydrogens is 264 g/mol. The van der Waals surface area contributed by atoms with Crippen molar-refractivity contribution < 1.29 is 14.1 Å². The summed E-state index contributed by atoms with van der Waals surface area (Å²) in [5.41, 5.74) is -0.857. The Labute approximate surface area is 113 Å². The fourth-order valence-electron chi connectivity index (χ4n) is 1.74. The summed E-state index contributed by atoms with van der Waals surface area (Å²) in [6, 6.07) is 4.96. The summed E-state index contributed by atoms with van der Waals surface area (Å²) in [5, 5.41) is 13.8. The Bertz CT molecular complexity index is 748. The number of benzene rings is 1. The van der Waals surface area contributed by atoms with Crippen LogP contribution in [0.4, 0.5) is 5.69 Å². The summed E-state index contributed by atoms with van der Waals surface area (Å²) >= 11 is 0. The fourth-order valence-corrected chi connectivity index (χ4v) is 1.74. The standard InChI is InChI=1S/C13H12N2O5/c1-7(2)14-12(16)11-6-8-5-9(15(18)19)3-4-10(8)13(17)20-11/h3-7H,1-2H3,(H,14,16). The molecule has 0 fully saturated rings. The van der Waals surface area contributed by atoms with E-state index in [0.717, 1.165) is 0 Å². The molecule has 1 aromatic heterocycles. The molecule has 7 heteroatoms. The Kier molecular flexibility index (Phi) is 3.51. The zero-order valence-corrected chi connectivity index (χ0v) is 10.9. The van der Waals surface area contributed by atoms with Crippen molar-refractivity contribution in [3.05, 3.63) is 50.6 Å². The van der Waals surface area contributed by atoms with Crippen molar-refractivity contribution in [1.82, 2.24) is 5.32 Å². The van der Waals surface area contributed by atoms with Crippen LogP contribution in [-0.2, 0) is 0 Å². The normalized spacial score (nSPS) is 10.8. The van der Waals surface area contributed by atoms with Crippen molar-refractivity contribution in [1.29, 1.82) is 0 Å². The number of hydrogen-bond acceptors (Lipinski definition) is 5. The summed E-state index contributed by atoms with van der Waals surface area (Å²) in [6.45, 7) is 3.53. The molecule has 0 saturated carbocycles. The number of nitro benzene ring substituents is 1. The van der Waals surface area contributed by atoms with Gasteiger partial charge in [0.1, 0.15) is 0 Å². The Morgan fingerprint density at radius 3 is 2.65 bits per heavy atom. The second-order valence-corrected chi connectivity index (χ2v) is 4.55. The lowest BCUT2D eigenvalue weighted by Crippen LogP contribution is -2.30. The summed E-state index contributed by atoms with van der Waals surface area (Å²) in [6.07, 6.45) is 0. The first-order chi connectivity index (χ1) is 9.38. The number of nitrogens with one attached hydrogen (secondary N) is 1. The van der Waals surface area contributed by atoms with E-state index in [2.05, 4.69) is 5.32 Å². The number of fused-ring (bicyclic) bond motifs is 1. The van der Waals surface area contributed by atoms with E-state index in [1.165, 1.54) is 24.3 Å². The molecule has 0 unspecified atom stereocenters. The van der Waals surface area contributed by atoms with Gasteiger partial charge in [-0.3, -0.25) is 14.9 Å². The molecule has 1 N–H and O–H groups in total. The van der Waals surface area contributed by atoms with Crippen LogP contribution in [0.15, 0.2) is 33.5 Å². The van der Waals surface area contributed by atoms with E-state index >= 15 is 0 Å². The van der Waals surface area contributed by atoms with Gasteiger partial charge < -0.3 is 9.73 Å². The lowest BCUT2D eigenvalue weighted by atomic mass is 10.1. The van der Waals surface area contributed by atoms with E-state index in [1.807, 2.05) is 0 Å². The van der Waals surface area contributed by atoms with E-state index in [1.54, 1.807) is 13.8 Å². The molecule has 7 nitrogen and oxygen atoms in total. The van der Waals surface area contributed by atoms with Gasteiger partial charge in [-0.05, 0) is 31.4 Å². The Morgan fingerprint density at radius 1 is 1.35 bits per heavy atom. The van der Waals surface area contributed by atoms with Crippen molar-refractivity contribution in [3.8, 4) is 0 Å². The predicted molar refractivity (Wildman–Crippen MR) is 71.7 cm³/mol. The van der Waals surface area contributed by atoms with Crippen molar-refractivity contribution in [2.24, 2.45) is 0 Å². The van der Waals surface area contributed by atoms with Crippen LogP contribution < -0.4 is 10.9 Å². The maximum absolute atomic E-state index is 11.8. The number of nitrogens with zero attached hydrogens (tertiary/aromatic N) is 1. The second kappa shape index (κ2) is 5.12. The molecule has 1 amide bonds. The number of rotatable bonds is 3. The lowest BCUT2D eigenvalue weighted by molar-refractivity contribution is -0.384. The molecule has 0 radical (unpaired) electrons. The maximum Gasteiger partial charge on any atom is 0.344 e. The number of non-ortho nitro benzene ring substituents is 1. The van der Waals surface area contributed by atoms with Crippen LogP contribution in [0.25, 0.3) is 10.8 Å². The minimum atomic E-state index is -0.702. The van der Waals surface area contributed by atoms with E-state index in [4.69, 9.17) is 4.42 Å². The molecule has 1 heterocycles. The third-order valence-corrected chi connectivity index (χ3v) is 2.60. The van der Waals surface area contributed by atoms with Gasteiger partial charge in [-0.25, -0.2) is 4.79 Å². The first-order valence-electron chi connectivity index (χ1n) is 5.91. The largest absolute Gasteiger partial charge is 0.417 e. The molecule has 0 saturated heterocycles. The van der Waals surface area contributed by atoms with Gasteiger partial charge in [-0.1, -0.05) is 0 Å². The molecule has 104 valence electrons. The topological polar surface area (TPSA) is 102 Å². The highest BCUT2D eigenvalue weighted by Gasteiger charge is 2.15.